The molecule has 110 valence electrons. The maximum absolute atomic E-state index is 11.6. The molecule has 1 aromatic heterocycles. The van der Waals surface area contributed by atoms with Crippen LogP contribution in [-0.4, -0.2) is 17.6 Å². The Hall–Kier alpha value is -2.36. The second kappa shape index (κ2) is 6.88. The molecule has 0 bridgehead atoms. The lowest BCUT2D eigenvalue weighted by atomic mass is 10.0. The van der Waals surface area contributed by atoms with E-state index in [4.69, 9.17) is 9.47 Å². The van der Waals surface area contributed by atoms with Crippen LogP contribution in [0.1, 0.15) is 42.6 Å². The number of pyridine rings is 1. The largest absolute Gasteiger partial charge is 0.462 e. The van der Waals surface area contributed by atoms with Crippen molar-refractivity contribution in [2.24, 2.45) is 0 Å². The lowest BCUT2D eigenvalue weighted by Crippen LogP contribution is -2.05. The first-order chi connectivity index (χ1) is 10.1. The van der Waals surface area contributed by atoms with E-state index in [0.29, 0.717) is 24.0 Å². The summed E-state index contributed by atoms with van der Waals surface area (Å²) < 4.78 is 10.7. The van der Waals surface area contributed by atoms with E-state index in [1.165, 1.54) is 6.20 Å². The Labute approximate surface area is 124 Å². The molecule has 1 heterocycles. The van der Waals surface area contributed by atoms with E-state index >= 15 is 0 Å². The zero-order valence-corrected chi connectivity index (χ0v) is 12.5. The number of esters is 1. The zero-order chi connectivity index (χ0) is 15.2. The molecule has 4 heteroatoms. The monoisotopic (exact) mass is 285 g/mol. The predicted molar refractivity (Wildman–Crippen MR) is 80.8 cm³/mol. The normalized spacial score (nSPS) is 10.5. The van der Waals surface area contributed by atoms with Crippen LogP contribution in [-0.2, 0) is 4.74 Å². The zero-order valence-electron chi connectivity index (χ0n) is 12.5. The highest BCUT2D eigenvalue weighted by Gasteiger charge is 2.10. The fourth-order valence-corrected chi connectivity index (χ4v) is 1.94. The molecule has 0 saturated carbocycles. The summed E-state index contributed by atoms with van der Waals surface area (Å²) in [6.07, 6.45) is 1.46. The number of nitrogens with zero attached hydrogens (tertiary/aromatic N) is 1. The minimum absolute atomic E-state index is 0.346. The van der Waals surface area contributed by atoms with Crippen molar-refractivity contribution in [2.75, 3.05) is 6.61 Å². The van der Waals surface area contributed by atoms with Crippen LogP contribution in [0.5, 0.6) is 11.6 Å². The van der Waals surface area contributed by atoms with Gasteiger partial charge in [-0.1, -0.05) is 32.0 Å². The third-order valence-corrected chi connectivity index (χ3v) is 3.00. The summed E-state index contributed by atoms with van der Waals surface area (Å²) in [5, 5.41) is 0. The van der Waals surface area contributed by atoms with E-state index in [1.807, 2.05) is 24.3 Å². The lowest BCUT2D eigenvalue weighted by molar-refractivity contribution is 0.0526. The van der Waals surface area contributed by atoms with Gasteiger partial charge in [0.15, 0.2) is 0 Å². The van der Waals surface area contributed by atoms with Crippen molar-refractivity contribution < 1.29 is 14.3 Å². The molecule has 1 aromatic carbocycles. The maximum Gasteiger partial charge on any atom is 0.339 e. The molecule has 0 saturated heterocycles. The second-order valence-corrected chi connectivity index (χ2v) is 4.90. The quantitative estimate of drug-likeness (QED) is 0.773. The van der Waals surface area contributed by atoms with Gasteiger partial charge in [0.05, 0.1) is 12.2 Å². The second-order valence-electron chi connectivity index (χ2n) is 4.90. The molecule has 0 atom stereocenters. The molecule has 0 aliphatic carbocycles. The highest BCUT2D eigenvalue weighted by atomic mass is 16.5. The van der Waals surface area contributed by atoms with E-state index in [1.54, 1.807) is 19.1 Å². The van der Waals surface area contributed by atoms with Crippen molar-refractivity contribution in [1.82, 2.24) is 4.98 Å². The van der Waals surface area contributed by atoms with Crippen molar-refractivity contribution in [1.29, 1.82) is 0 Å². The Balaban J connectivity index is 2.16. The van der Waals surface area contributed by atoms with Crippen LogP contribution in [0.2, 0.25) is 0 Å². The molecule has 0 aliphatic heterocycles. The van der Waals surface area contributed by atoms with E-state index < -0.39 is 0 Å². The topological polar surface area (TPSA) is 48.4 Å². The summed E-state index contributed by atoms with van der Waals surface area (Å²) in [4.78, 5) is 15.7. The van der Waals surface area contributed by atoms with Gasteiger partial charge < -0.3 is 9.47 Å². The molecule has 0 amide bonds. The summed E-state index contributed by atoms with van der Waals surface area (Å²) in [6.45, 7) is 6.34. The minimum atomic E-state index is -0.376. The molecule has 2 aromatic rings. The number of para-hydroxylation sites is 1. The first kappa shape index (κ1) is 15.0. The SMILES string of the molecule is CCOC(=O)c1ccc(Oc2ccccc2C(C)C)nc1. The number of ether oxygens (including phenoxy) is 2. The smallest absolute Gasteiger partial charge is 0.339 e. The Bertz CT molecular complexity index is 606. The van der Waals surface area contributed by atoms with E-state index in [0.717, 1.165) is 11.3 Å². The lowest BCUT2D eigenvalue weighted by Gasteiger charge is -2.12. The van der Waals surface area contributed by atoms with Crippen molar-refractivity contribution in [3.8, 4) is 11.6 Å². The van der Waals surface area contributed by atoms with Crippen molar-refractivity contribution in [3.05, 3.63) is 53.7 Å². The molecule has 0 N–H and O–H groups in total. The Kier molecular flexibility index (Phi) is 4.93. The fraction of sp³-hybridized carbons (Fsp3) is 0.294. The van der Waals surface area contributed by atoms with E-state index in [9.17, 15) is 4.79 Å². The Morgan fingerprint density at radius 3 is 2.57 bits per heavy atom. The Morgan fingerprint density at radius 1 is 1.19 bits per heavy atom. The molecule has 0 aliphatic rings. The average Bonchev–Trinajstić information content (AvgIpc) is 2.48. The van der Waals surface area contributed by atoms with Gasteiger partial charge in [-0.3, -0.25) is 0 Å². The number of rotatable bonds is 5. The van der Waals surface area contributed by atoms with Crippen LogP contribution in [0.15, 0.2) is 42.6 Å². The standard InChI is InChI=1S/C17H19NO3/c1-4-20-17(19)13-9-10-16(18-11-13)21-15-8-6-5-7-14(15)12(2)3/h5-12H,4H2,1-3H3. The maximum atomic E-state index is 11.6. The molecule has 0 unspecified atom stereocenters. The van der Waals surface area contributed by atoms with Gasteiger partial charge in [-0.15, -0.1) is 0 Å². The van der Waals surface area contributed by atoms with Gasteiger partial charge in [-0.05, 0) is 30.5 Å². The van der Waals surface area contributed by atoms with Crippen molar-refractivity contribution in [2.45, 2.75) is 26.7 Å². The number of aromatic nitrogens is 1. The van der Waals surface area contributed by atoms with Crippen LogP contribution in [0.4, 0.5) is 0 Å². The number of carbonyl (C=O) groups is 1. The molecule has 0 fully saturated rings. The van der Waals surface area contributed by atoms with Gasteiger partial charge in [-0.25, -0.2) is 9.78 Å². The number of hydrogen-bond acceptors (Lipinski definition) is 4. The summed E-state index contributed by atoms with van der Waals surface area (Å²) in [6, 6.07) is 11.2. The minimum Gasteiger partial charge on any atom is -0.462 e. The molecule has 0 spiro atoms. The van der Waals surface area contributed by atoms with Crippen LogP contribution in [0.25, 0.3) is 0 Å². The van der Waals surface area contributed by atoms with Crippen LogP contribution in [0.3, 0.4) is 0 Å². The van der Waals surface area contributed by atoms with Crippen LogP contribution < -0.4 is 4.74 Å². The van der Waals surface area contributed by atoms with Crippen LogP contribution >= 0.6 is 0 Å². The molecule has 4 nitrogen and oxygen atoms in total. The Morgan fingerprint density at radius 2 is 1.95 bits per heavy atom. The van der Waals surface area contributed by atoms with Crippen molar-refractivity contribution >= 4 is 5.97 Å². The first-order valence-corrected chi connectivity index (χ1v) is 7.01. The number of hydrogen-bond donors (Lipinski definition) is 0. The molecule has 2 rings (SSSR count). The first-order valence-electron chi connectivity index (χ1n) is 7.01. The molecule has 21 heavy (non-hydrogen) atoms. The highest BCUT2D eigenvalue weighted by Crippen LogP contribution is 2.29. The number of benzene rings is 1. The highest BCUT2D eigenvalue weighted by molar-refractivity contribution is 5.89. The third kappa shape index (κ3) is 3.81. The molecular weight excluding hydrogens is 266 g/mol. The fourth-order valence-electron chi connectivity index (χ4n) is 1.94. The summed E-state index contributed by atoms with van der Waals surface area (Å²) in [5.74, 6) is 1.22. The van der Waals surface area contributed by atoms with E-state index in [-0.39, 0.29) is 5.97 Å². The average molecular weight is 285 g/mol. The van der Waals surface area contributed by atoms with Gasteiger partial charge in [0.2, 0.25) is 5.88 Å². The summed E-state index contributed by atoms with van der Waals surface area (Å²) in [5.41, 5.74) is 1.54. The predicted octanol–water partition coefficient (Wildman–Crippen LogP) is 4.17. The van der Waals surface area contributed by atoms with Gasteiger partial charge in [0, 0.05) is 12.3 Å². The number of carbonyl (C=O) groups excluding carboxylic acids is 1. The van der Waals surface area contributed by atoms with Gasteiger partial charge in [-0.2, -0.15) is 0 Å². The van der Waals surface area contributed by atoms with Gasteiger partial charge in [0.25, 0.3) is 0 Å². The summed E-state index contributed by atoms with van der Waals surface area (Å²) in [7, 11) is 0. The van der Waals surface area contributed by atoms with Gasteiger partial charge >= 0.3 is 5.97 Å². The van der Waals surface area contributed by atoms with E-state index in [2.05, 4.69) is 18.8 Å². The van der Waals surface area contributed by atoms with Crippen LogP contribution in [0, 0.1) is 0 Å². The summed E-state index contributed by atoms with van der Waals surface area (Å²) >= 11 is 0. The molecule has 0 radical (unpaired) electrons. The third-order valence-electron chi connectivity index (χ3n) is 3.00. The van der Waals surface area contributed by atoms with Gasteiger partial charge in [0.1, 0.15) is 5.75 Å². The molecular formula is C17H19NO3. The van der Waals surface area contributed by atoms with Crippen molar-refractivity contribution in [3.63, 3.8) is 0 Å².